The lowest BCUT2D eigenvalue weighted by Crippen LogP contribution is -2.46. The molecule has 1 aromatic carbocycles. The van der Waals surface area contributed by atoms with Gasteiger partial charge in [-0.05, 0) is 12.1 Å². The number of nitrogens with zero attached hydrogens (tertiary/aromatic N) is 3. The number of carbonyl (C=O) groups excluding carboxylic acids is 1. The van der Waals surface area contributed by atoms with E-state index in [2.05, 4.69) is 4.98 Å². The van der Waals surface area contributed by atoms with E-state index in [1.54, 1.807) is 0 Å². The fraction of sp³-hybridized carbons (Fsp3) is 0.375. The van der Waals surface area contributed by atoms with Crippen LogP contribution in [0.2, 0.25) is 0 Å². The number of halogens is 5. The monoisotopic (exact) mass is 392 g/mol. The van der Waals surface area contributed by atoms with Crippen LogP contribution in [0.25, 0.3) is 0 Å². The van der Waals surface area contributed by atoms with Gasteiger partial charge in [0.15, 0.2) is 17.5 Å². The second-order valence-electron chi connectivity index (χ2n) is 6.13. The average molecular weight is 392 g/mol. The molecule has 1 atom stereocenters. The molecule has 1 aromatic heterocycles. The molecule has 0 bridgehead atoms. The van der Waals surface area contributed by atoms with E-state index in [1.165, 1.54) is 32.2 Å². The van der Waals surface area contributed by atoms with Crippen LogP contribution in [-0.4, -0.2) is 40.8 Å². The number of hydrogen-bond donors (Lipinski definition) is 2. The van der Waals surface area contributed by atoms with E-state index < -0.39 is 41.6 Å². The van der Waals surface area contributed by atoms with Crippen LogP contribution in [0, 0.1) is 11.6 Å². The van der Waals surface area contributed by atoms with Crippen molar-refractivity contribution in [3.63, 3.8) is 0 Å². The third kappa shape index (κ3) is 4.02. The summed E-state index contributed by atoms with van der Waals surface area (Å²) in [6, 6.07) is 1.54. The van der Waals surface area contributed by atoms with Crippen molar-refractivity contribution in [3.8, 4) is 0 Å². The SMILES string of the molecule is CN(C)c1c(F)cc(NC(=O)CC(O)(c2nccn2C)C(F)(F)F)cc1F. The zero-order chi connectivity index (χ0) is 20.6. The van der Waals surface area contributed by atoms with E-state index in [0.29, 0.717) is 0 Å². The number of rotatable bonds is 5. The maximum Gasteiger partial charge on any atom is 0.425 e. The van der Waals surface area contributed by atoms with Gasteiger partial charge < -0.3 is 19.9 Å². The van der Waals surface area contributed by atoms with Gasteiger partial charge in [-0.15, -0.1) is 0 Å². The molecule has 0 aliphatic heterocycles. The number of benzene rings is 1. The van der Waals surface area contributed by atoms with E-state index >= 15 is 0 Å². The molecular weight excluding hydrogens is 375 g/mol. The predicted molar refractivity (Wildman–Crippen MR) is 87.1 cm³/mol. The fourth-order valence-electron chi connectivity index (χ4n) is 2.57. The number of carbonyl (C=O) groups is 1. The van der Waals surface area contributed by atoms with Gasteiger partial charge in [0.25, 0.3) is 0 Å². The number of alkyl halides is 3. The molecule has 1 heterocycles. The van der Waals surface area contributed by atoms with Crippen molar-refractivity contribution in [2.24, 2.45) is 7.05 Å². The van der Waals surface area contributed by atoms with Crippen molar-refractivity contribution in [1.82, 2.24) is 9.55 Å². The first-order valence-corrected chi connectivity index (χ1v) is 7.60. The van der Waals surface area contributed by atoms with E-state index in [0.717, 1.165) is 22.9 Å². The molecule has 0 radical (unpaired) electrons. The van der Waals surface area contributed by atoms with Gasteiger partial charge in [-0.1, -0.05) is 0 Å². The highest BCUT2D eigenvalue weighted by Crippen LogP contribution is 2.41. The van der Waals surface area contributed by atoms with Crippen molar-refractivity contribution < 1.29 is 31.9 Å². The summed E-state index contributed by atoms with van der Waals surface area (Å²) in [5, 5.41) is 12.1. The second-order valence-corrected chi connectivity index (χ2v) is 6.13. The molecule has 0 fully saturated rings. The molecule has 27 heavy (non-hydrogen) atoms. The Labute approximate surface area is 151 Å². The Morgan fingerprint density at radius 3 is 2.22 bits per heavy atom. The molecule has 2 N–H and O–H groups in total. The zero-order valence-corrected chi connectivity index (χ0v) is 14.6. The Balaban J connectivity index is 2.29. The summed E-state index contributed by atoms with van der Waals surface area (Å²) >= 11 is 0. The van der Waals surface area contributed by atoms with Gasteiger partial charge in [-0.25, -0.2) is 13.8 Å². The molecule has 1 amide bonds. The van der Waals surface area contributed by atoms with Crippen molar-refractivity contribution in [2.45, 2.75) is 18.2 Å². The van der Waals surface area contributed by atoms with Gasteiger partial charge in [0.2, 0.25) is 11.5 Å². The Morgan fingerprint density at radius 1 is 1.26 bits per heavy atom. The van der Waals surface area contributed by atoms with Crippen molar-refractivity contribution in [1.29, 1.82) is 0 Å². The summed E-state index contributed by atoms with van der Waals surface area (Å²) in [5.74, 6) is -4.10. The van der Waals surface area contributed by atoms with Crippen LogP contribution in [0.15, 0.2) is 24.5 Å². The maximum absolute atomic E-state index is 13.9. The zero-order valence-electron chi connectivity index (χ0n) is 14.6. The highest BCUT2D eigenvalue weighted by Gasteiger charge is 2.58. The summed E-state index contributed by atoms with van der Waals surface area (Å²) in [6.45, 7) is 0. The molecule has 6 nitrogen and oxygen atoms in total. The first-order chi connectivity index (χ1) is 12.4. The van der Waals surface area contributed by atoms with Gasteiger partial charge in [0.1, 0.15) is 5.69 Å². The van der Waals surface area contributed by atoms with Crippen molar-refractivity contribution >= 4 is 17.3 Å². The molecule has 0 saturated carbocycles. The highest BCUT2D eigenvalue weighted by molar-refractivity contribution is 5.91. The quantitative estimate of drug-likeness (QED) is 0.768. The van der Waals surface area contributed by atoms with Crippen LogP contribution in [0.4, 0.5) is 33.3 Å². The minimum atomic E-state index is -5.21. The van der Waals surface area contributed by atoms with Gasteiger partial charge in [0, 0.05) is 39.2 Å². The first-order valence-electron chi connectivity index (χ1n) is 7.60. The van der Waals surface area contributed by atoms with Crippen LogP contribution >= 0.6 is 0 Å². The number of nitrogens with one attached hydrogen (secondary N) is 1. The number of imidazole rings is 1. The Hall–Kier alpha value is -2.69. The Morgan fingerprint density at radius 2 is 1.81 bits per heavy atom. The van der Waals surface area contributed by atoms with Crippen LogP contribution < -0.4 is 10.2 Å². The first kappa shape index (κ1) is 20.6. The van der Waals surface area contributed by atoms with Gasteiger partial charge in [0.05, 0.1) is 6.42 Å². The van der Waals surface area contributed by atoms with Crippen LogP contribution in [0.1, 0.15) is 12.2 Å². The molecule has 0 aliphatic rings. The summed E-state index contributed by atoms with van der Waals surface area (Å²) in [6.07, 6.45) is -4.45. The minimum Gasteiger partial charge on any atom is -0.374 e. The number of aryl methyl sites for hydroxylation is 1. The van der Waals surface area contributed by atoms with E-state index in [1.807, 2.05) is 5.32 Å². The van der Waals surface area contributed by atoms with Gasteiger partial charge in [-0.3, -0.25) is 4.79 Å². The maximum atomic E-state index is 13.9. The largest absolute Gasteiger partial charge is 0.425 e. The smallest absolute Gasteiger partial charge is 0.374 e. The molecule has 2 rings (SSSR count). The fourth-order valence-corrected chi connectivity index (χ4v) is 2.57. The summed E-state index contributed by atoms with van der Waals surface area (Å²) in [4.78, 5) is 16.7. The van der Waals surface area contributed by atoms with Crippen LogP contribution in [-0.2, 0) is 17.4 Å². The summed E-state index contributed by atoms with van der Waals surface area (Å²) in [5.41, 5.74) is -4.33. The molecule has 0 saturated heterocycles. The molecular formula is C16H17F5N4O2. The molecule has 2 aromatic rings. The van der Waals surface area contributed by atoms with Crippen molar-refractivity contribution in [2.75, 3.05) is 24.3 Å². The lowest BCUT2D eigenvalue weighted by atomic mass is 9.97. The number of hydrogen-bond acceptors (Lipinski definition) is 4. The predicted octanol–water partition coefficient (Wildman–Crippen LogP) is 2.54. The average Bonchev–Trinajstić information content (AvgIpc) is 2.91. The third-order valence-electron chi connectivity index (χ3n) is 3.82. The standard InChI is InChI=1S/C16H17F5N4O2/c1-24(2)13-10(17)6-9(7-11(13)18)23-12(26)8-15(27,16(19,20)21)14-22-4-5-25(14)3/h4-7,27H,8H2,1-3H3,(H,23,26). The van der Waals surface area contributed by atoms with Gasteiger partial charge in [-0.2, -0.15) is 13.2 Å². The molecule has 0 spiro atoms. The molecule has 1 unspecified atom stereocenters. The highest BCUT2D eigenvalue weighted by atomic mass is 19.4. The lowest BCUT2D eigenvalue weighted by Gasteiger charge is -2.29. The summed E-state index contributed by atoms with van der Waals surface area (Å²) < 4.78 is 69.0. The Kier molecular flexibility index (Phi) is 5.45. The lowest BCUT2D eigenvalue weighted by molar-refractivity contribution is -0.270. The molecule has 0 aliphatic carbocycles. The molecule has 11 heteroatoms. The van der Waals surface area contributed by atoms with Gasteiger partial charge >= 0.3 is 6.18 Å². The Bertz CT molecular complexity index is 827. The number of anilines is 2. The summed E-state index contributed by atoms with van der Waals surface area (Å²) in [7, 11) is 4.02. The number of aromatic nitrogens is 2. The van der Waals surface area contributed by atoms with E-state index in [9.17, 15) is 31.9 Å². The normalized spacial score (nSPS) is 14.0. The van der Waals surface area contributed by atoms with Crippen LogP contribution in [0.5, 0.6) is 0 Å². The molecule has 148 valence electrons. The van der Waals surface area contributed by atoms with Crippen molar-refractivity contribution in [3.05, 3.63) is 42.0 Å². The minimum absolute atomic E-state index is 0.368. The van der Waals surface area contributed by atoms with Crippen LogP contribution in [0.3, 0.4) is 0 Å². The topological polar surface area (TPSA) is 70.4 Å². The number of amides is 1. The second kappa shape index (κ2) is 7.14. The third-order valence-corrected chi connectivity index (χ3v) is 3.82. The number of aliphatic hydroxyl groups is 1. The van der Waals surface area contributed by atoms with E-state index in [4.69, 9.17) is 0 Å². The van der Waals surface area contributed by atoms with E-state index in [-0.39, 0.29) is 11.4 Å².